The lowest BCUT2D eigenvalue weighted by atomic mass is 9.98. The molecule has 1 aromatic heterocycles. The first-order chi connectivity index (χ1) is 12.7. The summed E-state index contributed by atoms with van der Waals surface area (Å²) in [6.45, 7) is 3.79. The lowest BCUT2D eigenvalue weighted by Crippen LogP contribution is -3.16. The number of piperazine rings is 1. The van der Waals surface area contributed by atoms with E-state index >= 15 is 0 Å². The summed E-state index contributed by atoms with van der Waals surface area (Å²) in [6.07, 6.45) is 3.76. The number of quaternary nitrogens is 1. The van der Waals surface area contributed by atoms with E-state index in [2.05, 4.69) is 14.9 Å². The van der Waals surface area contributed by atoms with Crippen LogP contribution >= 0.6 is 0 Å². The third-order valence-electron chi connectivity index (χ3n) is 5.13. The number of aromatic nitrogens is 2. The first-order valence-electron chi connectivity index (χ1n) is 8.97. The third-order valence-corrected chi connectivity index (χ3v) is 5.13. The van der Waals surface area contributed by atoms with Gasteiger partial charge in [-0.3, -0.25) is 9.59 Å². The summed E-state index contributed by atoms with van der Waals surface area (Å²) in [5, 5.41) is 0. The smallest absolute Gasteiger partial charge is 0.241 e. The summed E-state index contributed by atoms with van der Waals surface area (Å²) in [4.78, 5) is 38.5. The van der Waals surface area contributed by atoms with Gasteiger partial charge in [-0.15, -0.1) is 0 Å². The van der Waals surface area contributed by atoms with Crippen LogP contribution in [0, 0.1) is 0 Å². The fraction of sp³-hybridized carbons (Fsp3) is 0.368. The van der Waals surface area contributed by atoms with Crippen LogP contribution in [0.25, 0.3) is 0 Å². The maximum atomic E-state index is 12.7. The van der Waals surface area contributed by atoms with E-state index in [0.29, 0.717) is 6.67 Å². The number of imide groups is 1. The van der Waals surface area contributed by atoms with Crippen LogP contribution in [0.1, 0.15) is 17.9 Å². The molecule has 2 aliphatic heterocycles. The number of likely N-dealkylation sites (tertiary alicyclic amines) is 1. The molecule has 0 bridgehead atoms. The van der Waals surface area contributed by atoms with E-state index in [-0.39, 0.29) is 24.2 Å². The van der Waals surface area contributed by atoms with Gasteiger partial charge >= 0.3 is 0 Å². The highest BCUT2D eigenvalue weighted by atomic mass is 16.2. The van der Waals surface area contributed by atoms with Crippen molar-refractivity contribution < 1.29 is 14.5 Å². The molecule has 3 heterocycles. The Kier molecular flexibility index (Phi) is 4.62. The number of nitrogens with one attached hydrogen (secondary N) is 1. The quantitative estimate of drug-likeness (QED) is 0.764. The predicted molar refractivity (Wildman–Crippen MR) is 95.5 cm³/mol. The number of anilines is 1. The summed E-state index contributed by atoms with van der Waals surface area (Å²) in [6, 6.07) is 11.4. The highest BCUT2D eigenvalue weighted by Gasteiger charge is 2.41. The van der Waals surface area contributed by atoms with Crippen LogP contribution in [-0.2, 0) is 9.59 Å². The Balaban J connectivity index is 1.36. The molecule has 26 heavy (non-hydrogen) atoms. The predicted octanol–water partition coefficient (Wildman–Crippen LogP) is -0.318. The van der Waals surface area contributed by atoms with Crippen molar-refractivity contribution in [1.29, 1.82) is 0 Å². The minimum atomic E-state index is -0.331. The molecule has 0 aliphatic carbocycles. The first kappa shape index (κ1) is 16.7. The fourth-order valence-corrected chi connectivity index (χ4v) is 3.65. The zero-order chi connectivity index (χ0) is 17.9. The van der Waals surface area contributed by atoms with Gasteiger partial charge in [-0.05, 0) is 11.6 Å². The van der Waals surface area contributed by atoms with Gasteiger partial charge in [-0.1, -0.05) is 30.3 Å². The van der Waals surface area contributed by atoms with Gasteiger partial charge in [0.25, 0.3) is 0 Å². The topological polar surface area (TPSA) is 70.8 Å². The molecule has 1 aromatic carbocycles. The molecule has 1 N–H and O–H groups in total. The summed E-state index contributed by atoms with van der Waals surface area (Å²) in [5.74, 6) is 0.277. The number of hydrogen-bond donors (Lipinski definition) is 1. The summed E-state index contributed by atoms with van der Waals surface area (Å²) >= 11 is 0. The van der Waals surface area contributed by atoms with E-state index in [9.17, 15) is 9.59 Å². The van der Waals surface area contributed by atoms with Crippen LogP contribution in [0.4, 0.5) is 5.95 Å². The van der Waals surface area contributed by atoms with Crippen LogP contribution in [0.2, 0.25) is 0 Å². The Morgan fingerprint density at radius 1 is 1.00 bits per heavy atom. The monoisotopic (exact) mass is 352 g/mol. The lowest BCUT2D eigenvalue weighted by Gasteiger charge is -2.33. The Labute approximate surface area is 152 Å². The zero-order valence-corrected chi connectivity index (χ0v) is 14.5. The average molecular weight is 352 g/mol. The van der Waals surface area contributed by atoms with E-state index < -0.39 is 0 Å². The number of carbonyl (C=O) groups is 2. The fourth-order valence-electron chi connectivity index (χ4n) is 3.65. The second-order valence-corrected chi connectivity index (χ2v) is 6.77. The molecule has 2 saturated heterocycles. The molecule has 2 aromatic rings. The van der Waals surface area contributed by atoms with E-state index in [4.69, 9.17) is 0 Å². The van der Waals surface area contributed by atoms with Crippen LogP contribution < -0.4 is 9.80 Å². The molecule has 134 valence electrons. The number of benzene rings is 1. The Morgan fingerprint density at radius 3 is 2.38 bits per heavy atom. The molecule has 4 rings (SSSR count). The zero-order valence-electron chi connectivity index (χ0n) is 14.5. The number of hydrogen-bond acceptors (Lipinski definition) is 5. The summed E-state index contributed by atoms with van der Waals surface area (Å²) in [7, 11) is 0. The largest absolute Gasteiger partial charge is 0.330 e. The molecular formula is C19H22N5O2+. The van der Waals surface area contributed by atoms with Gasteiger partial charge in [0, 0.05) is 18.8 Å². The van der Waals surface area contributed by atoms with Crippen molar-refractivity contribution in [3.8, 4) is 0 Å². The van der Waals surface area contributed by atoms with Gasteiger partial charge < -0.3 is 9.80 Å². The minimum Gasteiger partial charge on any atom is -0.330 e. The number of carbonyl (C=O) groups excluding carboxylic acids is 2. The molecule has 7 nitrogen and oxygen atoms in total. The molecule has 2 fully saturated rings. The molecule has 0 spiro atoms. The van der Waals surface area contributed by atoms with Crippen molar-refractivity contribution in [2.24, 2.45) is 0 Å². The number of nitrogens with zero attached hydrogens (tertiary/aromatic N) is 4. The van der Waals surface area contributed by atoms with Crippen LogP contribution in [0.5, 0.6) is 0 Å². The van der Waals surface area contributed by atoms with Gasteiger partial charge in [-0.2, -0.15) is 0 Å². The maximum absolute atomic E-state index is 12.7. The van der Waals surface area contributed by atoms with E-state index in [1.165, 1.54) is 9.80 Å². The molecular weight excluding hydrogens is 330 g/mol. The molecule has 7 heteroatoms. The van der Waals surface area contributed by atoms with Gasteiger partial charge in [-0.25, -0.2) is 14.9 Å². The summed E-state index contributed by atoms with van der Waals surface area (Å²) in [5.41, 5.74) is 0.925. The Morgan fingerprint density at radius 2 is 1.69 bits per heavy atom. The molecule has 0 saturated carbocycles. The van der Waals surface area contributed by atoms with Crippen molar-refractivity contribution in [2.45, 2.75) is 12.3 Å². The van der Waals surface area contributed by atoms with Gasteiger partial charge in [0.2, 0.25) is 17.8 Å². The third kappa shape index (κ3) is 3.30. The molecule has 0 radical (unpaired) electrons. The van der Waals surface area contributed by atoms with Gasteiger partial charge in [0.1, 0.15) is 0 Å². The Bertz CT molecular complexity index is 775. The highest BCUT2D eigenvalue weighted by Crippen LogP contribution is 2.28. The van der Waals surface area contributed by atoms with Crippen molar-refractivity contribution in [3.63, 3.8) is 0 Å². The normalized spacial score (nSPS) is 21.5. The van der Waals surface area contributed by atoms with Crippen LogP contribution in [0.3, 0.4) is 0 Å². The van der Waals surface area contributed by atoms with Gasteiger partial charge in [0.15, 0.2) is 6.67 Å². The molecule has 2 amide bonds. The first-order valence-corrected chi connectivity index (χ1v) is 8.97. The average Bonchev–Trinajstić information content (AvgIpc) is 2.98. The van der Waals surface area contributed by atoms with Crippen molar-refractivity contribution in [1.82, 2.24) is 14.9 Å². The van der Waals surface area contributed by atoms with Crippen LogP contribution in [-0.4, -0.2) is 59.5 Å². The standard InChI is InChI=1S/C19H21N5O2/c25-17-13-16(15-5-2-1-3-6-15)18(26)24(17)14-22-9-11-23(12-10-22)19-20-7-4-8-21-19/h1-8,16H,9-14H2/p+1/t16-/m1/s1. The molecule has 2 aliphatic rings. The van der Waals surface area contributed by atoms with E-state index in [0.717, 1.165) is 37.7 Å². The second-order valence-electron chi connectivity index (χ2n) is 6.77. The number of rotatable bonds is 4. The van der Waals surface area contributed by atoms with E-state index in [1.807, 2.05) is 30.3 Å². The van der Waals surface area contributed by atoms with Crippen molar-refractivity contribution in [2.75, 3.05) is 37.7 Å². The van der Waals surface area contributed by atoms with E-state index in [1.54, 1.807) is 18.5 Å². The number of amides is 2. The van der Waals surface area contributed by atoms with Gasteiger partial charge in [0.05, 0.1) is 32.1 Å². The molecule has 0 unspecified atom stereocenters. The lowest BCUT2D eigenvalue weighted by molar-refractivity contribution is -0.907. The maximum Gasteiger partial charge on any atom is 0.241 e. The summed E-state index contributed by atoms with van der Waals surface area (Å²) < 4.78 is 0. The van der Waals surface area contributed by atoms with Crippen molar-refractivity contribution in [3.05, 3.63) is 54.4 Å². The second kappa shape index (κ2) is 7.21. The Hall–Kier alpha value is -2.80. The van der Waals surface area contributed by atoms with Crippen LogP contribution in [0.15, 0.2) is 48.8 Å². The van der Waals surface area contributed by atoms with Crippen molar-refractivity contribution >= 4 is 17.8 Å². The SMILES string of the molecule is O=C1C[C@H](c2ccccc2)C(=O)N1C[NH+]1CCN(c2ncccn2)CC1. The highest BCUT2D eigenvalue weighted by molar-refractivity contribution is 6.06. The minimum absolute atomic E-state index is 0.0647. The molecule has 1 atom stereocenters.